The maximum atomic E-state index is 14.0. The fourth-order valence-electron chi connectivity index (χ4n) is 6.27. The number of rotatable bonds is 12. The van der Waals surface area contributed by atoms with Crippen LogP contribution in [0.15, 0.2) is 64.1 Å². The van der Waals surface area contributed by atoms with Crippen molar-refractivity contribution >= 4 is 34.2 Å². The van der Waals surface area contributed by atoms with E-state index in [-0.39, 0.29) is 17.4 Å². The van der Waals surface area contributed by atoms with E-state index in [9.17, 15) is 14.4 Å². The maximum absolute atomic E-state index is 14.0. The molecular weight excluding hydrogens is 582 g/mol. The first-order valence-corrected chi connectivity index (χ1v) is 16.0. The summed E-state index contributed by atoms with van der Waals surface area (Å²) in [7, 11) is 1.61. The lowest BCUT2D eigenvalue weighted by atomic mass is 9.90. The number of fused-ring (bicyclic) bond motifs is 2. The molecule has 1 aliphatic carbocycles. The van der Waals surface area contributed by atoms with Gasteiger partial charge in [-0.3, -0.25) is 24.3 Å². The lowest BCUT2D eigenvalue weighted by Crippen LogP contribution is -2.49. The van der Waals surface area contributed by atoms with E-state index in [1.807, 2.05) is 43.0 Å². The summed E-state index contributed by atoms with van der Waals surface area (Å²) in [6, 6.07) is 13.7. The molecule has 1 aromatic carbocycles. The van der Waals surface area contributed by atoms with Crippen LogP contribution in [0.3, 0.4) is 0 Å². The minimum atomic E-state index is -1.20. The van der Waals surface area contributed by atoms with Gasteiger partial charge < -0.3 is 23.5 Å². The molecule has 3 aromatic heterocycles. The van der Waals surface area contributed by atoms with Gasteiger partial charge in [0.15, 0.2) is 0 Å². The first kappa shape index (κ1) is 31.7. The van der Waals surface area contributed by atoms with Crippen molar-refractivity contribution in [3.05, 3.63) is 87.8 Å². The Morgan fingerprint density at radius 3 is 2.50 bits per heavy atom. The summed E-state index contributed by atoms with van der Waals surface area (Å²) in [5, 5.41) is 0.580. The van der Waals surface area contributed by atoms with Gasteiger partial charge in [0.2, 0.25) is 11.8 Å². The number of ether oxygens (including phenoxy) is 1. The zero-order valence-corrected chi connectivity index (χ0v) is 27.4. The average molecular weight is 626 g/mol. The van der Waals surface area contributed by atoms with Crippen molar-refractivity contribution in [3.8, 4) is 0 Å². The van der Waals surface area contributed by atoms with E-state index >= 15 is 0 Å². The van der Waals surface area contributed by atoms with Gasteiger partial charge in [-0.2, -0.15) is 0 Å². The molecule has 0 atom stereocenters. The molecule has 6 rings (SSSR count). The monoisotopic (exact) mass is 625 g/mol. The summed E-state index contributed by atoms with van der Waals surface area (Å²) in [4.78, 5) is 51.4. The number of carbonyl (C=O) groups excluding carboxylic acids is 2. The normalized spacial score (nSPS) is 16.4. The number of aromatic nitrogens is 2. The Morgan fingerprint density at radius 2 is 1.76 bits per heavy atom. The summed E-state index contributed by atoms with van der Waals surface area (Å²) >= 11 is 0. The average Bonchev–Trinajstić information content (AvgIpc) is 3.78. The predicted octanol–water partition coefficient (Wildman–Crippen LogP) is 5.07. The summed E-state index contributed by atoms with van der Waals surface area (Å²) in [6.07, 6.45) is 5.75. The standard InChI is InChI=1S/C36H43N5O5/c1-24-19-29-32(46-24)12-14-39(33(29)42)16-15-38(23-28-7-6-13-37-25(28)2)21-27-10-11-30-31(20-27)41(22-26-8-9-26)35(44)36(3,4)34(43)40(30)17-18-45-5/h6-7,10-14,19-20,26H,8-9,15-18,21-23H2,1-5H3. The van der Waals surface area contributed by atoms with Gasteiger partial charge in [0.05, 0.1) is 23.4 Å². The Kier molecular flexibility index (Phi) is 8.85. The SMILES string of the molecule is COCCN1C(=O)C(C)(C)C(=O)N(CC2CC2)c2cc(CN(CCn3ccc4oc(C)cc4c3=O)Cc3cccnc3C)ccc21. The lowest BCUT2D eigenvalue weighted by Gasteiger charge is -2.29. The fraction of sp³-hybridized carbons (Fsp3) is 0.444. The molecule has 10 heteroatoms. The van der Waals surface area contributed by atoms with E-state index < -0.39 is 5.41 Å². The van der Waals surface area contributed by atoms with E-state index in [0.29, 0.717) is 68.5 Å². The molecule has 1 fully saturated rings. The van der Waals surface area contributed by atoms with Gasteiger partial charge in [-0.15, -0.1) is 0 Å². The molecule has 4 heterocycles. The van der Waals surface area contributed by atoms with Crippen molar-refractivity contribution in [3.63, 3.8) is 0 Å². The third-order valence-electron chi connectivity index (χ3n) is 9.19. The number of benzene rings is 1. The second-order valence-corrected chi connectivity index (χ2v) is 13.2. The Labute approximate surface area is 269 Å². The topological polar surface area (TPSA) is 101 Å². The molecule has 0 saturated heterocycles. The van der Waals surface area contributed by atoms with Crippen LogP contribution in [0.5, 0.6) is 0 Å². The van der Waals surface area contributed by atoms with E-state index in [2.05, 4.69) is 22.0 Å². The highest BCUT2D eigenvalue weighted by Crippen LogP contribution is 2.42. The molecule has 0 N–H and O–H groups in total. The van der Waals surface area contributed by atoms with Gasteiger partial charge in [0.25, 0.3) is 5.56 Å². The third-order valence-corrected chi connectivity index (χ3v) is 9.19. The van der Waals surface area contributed by atoms with Gasteiger partial charge in [0, 0.05) is 64.5 Å². The van der Waals surface area contributed by atoms with Crippen LogP contribution in [0.4, 0.5) is 11.4 Å². The summed E-state index contributed by atoms with van der Waals surface area (Å²) in [6.45, 7) is 10.9. The molecule has 46 heavy (non-hydrogen) atoms. The van der Waals surface area contributed by atoms with Crippen molar-refractivity contribution in [1.29, 1.82) is 0 Å². The van der Waals surface area contributed by atoms with Gasteiger partial charge in [0.1, 0.15) is 16.8 Å². The van der Waals surface area contributed by atoms with Gasteiger partial charge in [-0.1, -0.05) is 12.1 Å². The van der Waals surface area contributed by atoms with Gasteiger partial charge in [-0.05, 0) is 87.9 Å². The van der Waals surface area contributed by atoms with Crippen molar-refractivity contribution in [2.45, 2.75) is 60.2 Å². The Bertz CT molecular complexity index is 1820. The molecule has 1 aliphatic heterocycles. The number of pyridine rings is 2. The number of amides is 2. The quantitative estimate of drug-likeness (QED) is 0.203. The molecule has 0 bridgehead atoms. The molecular formula is C36H43N5O5. The van der Waals surface area contributed by atoms with E-state index in [1.165, 1.54) is 0 Å². The molecule has 0 radical (unpaired) electrons. The van der Waals surface area contributed by atoms with Crippen molar-refractivity contribution in [2.75, 3.05) is 43.2 Å². The number of anilines is 2. The summed E-state index contributed by atoms with van der Waals surface area (Å²) in [5.41, 5.74) is 3.89. The van der Waals surface area contributed by atoms with Crippen LogP contribution in [-0.4, -0.2) is 59.6 Å². The Morgan fingerprint density at radius 1 is 0.978 bits per heavy atom. The lowest BCUT2D eigenvalue weighted by molar-refractivity contribution is -0.137. The molecule has 0 unspecified atom stereocenters. The number of methoxy groups -OCH3 is 1. The van der Waals surface area contributed by atoms with Crippen LogP contribution in [0.2, 0.25) is 0 Å². The van der Waals surface area contributed by atoms with Crippen LogP contribution in [0, 0.1) is 25.2 Å². The van der Waals surface area contributed by atoms with Crippen molar-refractivity contribution < 1.29 is 18.7 Å². The Hall–Kier alpha value is -4.28. The number of carbonyl (C=O) groups is 2. The highest BCUT2D eigenvalue weighted by atomic mass is 16.5. The highest BCUT2D eigenvalue weighted by Gasteiger charge is 2.47. The van der Waals surface area contributed by atoms with Crippen LogP contribution in [0.25, 0.3) is 11.0 Å². The van der Waals surface area contributed by atoms with Gasteiger partial charge in [-0.25, -0.2) is 0 Å². The molecule has 0 spiro atoms. The number of furan rings is 1. The maximum Gasteiger partial charge on any atom is 0.261 e. The molecule has 10 nitrogen and oxygen atoms in total. The largest absolute Gasteiger partial charge is 0.461 e. The first-order valence-electron chi connectivity index (χ1n) is 16.0. The molecule has 1 saturated carbocycles. The van der Waals surface area contributed by atoms with Crippen LogP contribution >= 0.6 is 0 Å². The van der Waals surface area contributed by atoms with Crippen molar-refractivity contribution in [2.24, 2.45) is 11.3 Å². The van der Waals surface area contributed by atoms with Crippen LogP contribution < -0.4 is 15.4 Å². The van der Waals surface area contributed by atoms with Crippen LogP contribution in [-0.2, 0) is 34.0 Å². The summed E-state index contributed by atoms with van der Waals surface area (Å²) in [5.74, 6) is 0.763. The first-order chi connectivity index (χ1) is 22.1. The molecule has 2 amide bonds. The number of nitrogens with zero attached hydrogens (tertiary/aromatic N) is 5. The van der Waals surface area contributed by atoms with Crippen LogP contribution in [0.1, 0.15) is 49.3 Å². The second-order valence-electron chi connectivity index (χ2n) is 13.2. The Balaban J connectivity index is 1.34. The smallest absolute Gasteiger partial charge is 0.261 e. The molecule has 4 aromatic rings. The highest BCUT2D eigenvalue weighted by molar-refractivity contribution is 6.20. The minimum absolute atomic E-state index is 0.0745. The molecule has 242 valence electrons. The number of aryl methyl sites for hydroxylation is 2. The van der Waals surface area contributed by atoms with E-state index in [1.54, 1.807) is 48.9 Å². The zero-order chi connectivity index (χ0) is 32.6. The van der Waals surface area contributed by atoms with Gasteiger partial charge >= 0.3 is 0 Å². The zero-order valence-electron chi connectivity index (χ0n) is 27.4. The summed E-state index contributed by atoms with van der Waals surface area (Å²) < 4.78 is 12.7. The second kappa shape index (κ2) is 12.8. The van der Waals surface area contributed by atoms with E-state index in [0.717, 1.165) is 41.0 Å². The molecule has 2 aliphatic rings. The fourth-order valence-corrected chi connectivity index (χ4v) is 6.27. The number of hydrogen-bond acceptors (Lipinski definition) is 7. The third kappa shape index (κ3) is 6.37. The predicted molar refractivity (Wildman–Crippen MR) is 178 cm³/mol. The number of hydrogen-bond donors (Lipinski definition) is 0. The van der Waals surface area contributed by atoms with Crippen molar-refractivity contribution in [1.82, 2.24) is 14.5 Å². The minimum Gasteiger partial charge on any atom is -0.461 e. The van der Waals surface area contributed by atoms with E-state index in [4.69, 9.17) is 9.15 Å².